The van der Waals surface area contributed by atoms with Gasteiger partial charge < -0.3 is 113 Å². The Labute approximate surface area is 470 Å². The van der Waals surface area contributed by atoms with Crippen molar-refractivity contribution in [1.29, 1.82) is 0 Å². The van der Waals surface area contributed by atoms with Crippen LogP contribution in [0.15, 0.2) is 30.3 Å². The highest BCUT2D eigenvalue weighted by molar-refractivity contribution is 5.89. The van der Waals surface area contributed by atoms with Gasteiger partial charge in [0.2, 0.25) is 0 Å². The lowest BCUT2D eigenvalue weighted by atomic mass is 9.40. The fraction of sp³-hybridized carbons (Fsp3) is 0.857. The zero-order valence-corrected chi connectivity index (χ0v) is 47.2. The van der Waals surface area contributed by atoms with E-state index in [0.717, 1.165) is 0 Å². The number of hydrogen-bond donors (Lipinski definition) is 11. The average Bonchev–Trinajstić information content (AvgIpc) is 2.19. The van der Waals surface area contributed by atoms with Crippen molar-refractivity contribution in [3.63, 3.8) is 0 Å². The Morgan fingerprint density at radius 2 is 1.31 bits per heavy atom. The molecule has 25 nitrogen and oxygen atoms in total. The summed E-state index contributed by atoms with van der Waals surface area (Å²) in [6, 6.07) is 8.36. The first-order chi connectivity index (χ1) is 38.2. The van der Waals surface area contributed by atoms with Gasteiger partial charge in [0, 0.05) is 27.6 Å². The first kappa shape index (κ1) is 62.8. The molecule has 81 heavy (non-hydrogen) atoms. The van der Waals surface area contributed by atoms with Crippen LogP contribution >= 0.6 is 0 Å². The van der Waals surface area contributed by atoms with Crippen LogP contribution in [0.3, 0.4) is 0 Å². The van der Waals surface area contributed by atoms with Crippen molar-refractivity contribution in [3.8, 4) is 0 Å². The highest BCUT2D eigenvalue weighted by Crippen LogP contribution is 2.72. The van der Waals surface area contributed by atoms with Gasteiger partial charge >= 0.3 is 11.9 Å². The van der Waals surface area contributed by atoms with Gasteiger partial charge in [0.1, 0.15) is 96.7 Å². The zero-order chi connectivity index (χ0) is 58.9. The summed E-state index contributed by atoms with van der Waals surface area (Å²) in [6.45, 7) is 8.69. The van der Waals surface area contributed by atoms with E-state index in [9.17, 15) is 65.8 Å². The highest BCUT2D eigenvalue weighted by atomic mass is 16.8. The molecule has 4 saturated carbocycles. The number of aliphatic hydroxyl groups is 11. The predicted molar refractivity (Wildman–Crippen MR) is 274 cm³/mol. The molecule has 0 bridgehead atoms. The number of hydrogen-bond acceptors (Lipinski definition) is 25. The minimum atomic E-state index is -1.95. The number of esters is 2. The van der Waals surface area contributed by atoms with Gasteiger partial charge in [-0.2, -0.15) is 0 Å². The molecule has 0 amide bonds. The van der Waals surface area contributed by atoms with Crippen LogP contribution < -0.4 is 0 Å². The molecule has 9 rings (SSSR count). The van der Waals surface area contributed by atoms with E-state index < -0.39 is 188 Å². The molecule has 4 aliphatic heterocycles. The van der Waals surface area contributed by atoms with Crippen LogP contribution in [0.1, 0.15) is 110 Å². The second-order valence-corrected chi connectivity index (χ2v) is 24.4. The number of rotatable bonds is 16. The van der Waals surface area contributed by atoms with Crippen molar-refractivity contribution in [2.75, 3.05) is 27.4 Å². The van der Waals surface area contributed by atoms with E-state index in [1.807, 2.05) is 0 Å². The van der Waals surface area contributed by atoms with E-state index in [1.54, 1.807) is 58.0 Å². The highest BCUT2D eigenvalue weighted by Gasteiger charge is 2.82. The maximum Gasteiger partial charge on any atom is 0.338 e. The fourth-order valence-corrected chi connectivity index (χ4v) is 15.4. The van der Waals surface area contributed by atoms with E-state index in [1.165, 1.54) is 21.1 Å². The molecule has 1 aromatic carbocycles. The molecular weight excluding hydrogens is 1070 g/mol. The molecule has 11 N–H and O–H groups in total. The molecule has 4 saturated heterocycles. The second kappa shape index (κ2) is 24.2. The first-order valence-electron chi connectivity index (χ1n) is 28.4. The summed E-state index contributed by atoms with van der Waals surface area (Å²) < 4.78 is 72.3. The van der Waals surface area contributed by atoms with E-state index >= 15 is 0 Å². The summed E-state index contributed by atoms with van der Waals surface area (Å²) in [5.74, 6) is -1.82. The van der Waals surface area contributed by atoms with Crippen molar-refractivity contribution >= 4 is 11.9 Å². The van der Waals surface area contributed by atoms with E-state index in [2.05, 4.69) is 6.92 Å². The quantitative estimate of drug-likeness (QED) is 0.0686. The number of methoxy groups -OCH3 is 2. The van der Waals surface area contributed by atoms with Gasteiger partial charge in [-0.1, -0.05) is 32.0 Å². The van der Waals surface area contributed by atoms with Crippen LogP contribution in [-0.2, 0) is 61.6 Å². The Bertz CT molecular complexity index is 2300. The maximum atomic E-state index is 13.3. The second-order valence-electron chi connectivity index (χ2n) is 24.4. The molecule has 8 fully saturated rings. The minimum Gasteiger partial charge on any atom is -0.462 e. The van der Waals surface area contributed by atoms with Gasteiger partial charge in [0.05, 0.1) is 54.2 Å². The topological polar surface area (TPSA) is 367 Å². The van der Waals surface area contributed by atoms with Gasteiger partial charge in [-0.25, -0.2) is 4.79 Å². The van der Waals surface area contributed by atoms with Gasteiger partial charge in [-0.05, 0) is 102 Å². The Hall–Kier alpha value is -2.68. The summed E-state index contributed by atoms with van der Waals surface area (Å²) >= 11 is 0. The van der Waals surface area contributed by atoms with Crippen LogP contribution in [-0.4, -0.2) is 247 Å². The molecule has 0 spiro atoms. The van der Waals surface area contributed by atoms with Crippen molar-refractivity contribution in [1.82, 2.24) is 0 Å². The van der Waals surface area contributed by atoms with Crippen molar-refractivity contribution < 1.29 is 123 Å². The molecule has 4 heterocycles. The number of carbonyl (C=O) groups is 2. The maximum absolute atomic E-state index is 13.3. The Balaban J connectivity index is 0.812. The average molecular weight is 1160 g/mol. The summed E-state index contributed by atoms with van der Waals surface area (Å²) in [5.41, 5.74) is -7.46. The molecule has 8 aliphatic rings. The molecule has 1 aromatic rings. The lowest BCUT2D eigenvalue weighted by Crippen LogP contribution is -2.79. The molecule has 0 radical (unpaired) electrons. The van der Waals surface area contributed by atoms with Crippen molar-refractivity contribution in [3.05, 3.63) is 35.9 Å². The molecular formula is C56H86O25. The van der Waals surface area contributed by atoms with Crippen LogP contribution in [0, 0.1) is 22.7 Å². The van der Waals surface area contributed by atoms with Crippen molar-refractivity contribution in [2.45, 2.75) is 251 Å². The van der Waals surface area contributed by atoms with Crippen LogP contribution in [0.5, 0.6) is 0 Å². The molecule has 25 heteroatoms. The Morgan fingerprint density at radius 3 is 1.96 bits per heavy atom. The minimum absolute atomic E-state index is 0.00683. The monoisotopic (exact) mass is 1160 g/mol. The van der Waals surface area contributed by atoms with Crippen LogP contribution in [0.4, 0.5) is 0 Å². The normalized spacial score (nSPS) is 50.3. The molecule has 4 aliphatic carbocycles. The van der Waals surface area contributed by atoms with Crippen LogP contribution in [0.25, 0.3) is 0 Å². The van der Waals surface area contributed by atoms with Crippen LogP contribution in [0.2, 0.25) is 0 Å². The van der Waals surface area contributed by atoms with Crippen molar-refractivity contribution in [2.24, 2.45) is 22.7 Å². The van der Waals surface area contributed by atoms with E-state index in [-0.39, 0.29) is 49.7 Å². The third-order valence-corrected chi connectivity index (χ3v) is 20.3. The summed E-state index contributed by atoms with van der Waals surface area (Å²) in [6.07, 6.45) is -25.1. The summed E-state index contributed by atoms with van der Waals surface area (Å²) in [5, 5.41) is 124. The Morgan fingerprint density at radius 1 is 0.679 bits per heavy atom. The molecule has 0 aromatic heterocycles. The number of aliphatic hydroxyl groups excluding tert-OH is 8. The smallest absolute Gasteiger partial charge is 0.338 e. The van der Waals surface area contributed by atoms with E-state index in [0.29, 0.717) is 25.7 Å². The third kappa shape index (κ3) is 10.9. The largest absolute Gasteiger partial charge is 0.462 e. The number of ether oxygens (including phenoxy) is 12. The molecule has 460 valence electrons. The number of carbonyl (C=O) groups excluding carboxylic acids is 2. The van der Waals surface area contributed by atoms with Gasteiger partial charge in [-0.15, -0.1) is 0 Å². The standard InChI is InChI=1S/C56H86O25/c1-25-45(80-51-44(65)47(71-8)46(26(2)74-51)81-50-43(64)41(62)39(60)34(79-50)24-72-49-42(63)40(61)38(59)33(23-57)78-49)32(70-7)21-37(73-25)77-31-15-16-52(5)30(20-31)14-17-55(68)35(52)22-36(76-28(4)58)53(6)54(67,18-19-56(53,55)69)27(3)75-48(66)29-12-10-9-11-13-29/h9-13,25-27,30-47,49-51,57,59-65,67-69H,14-24H2,1-8H3. The zero-order valence-electron chi connectivity index (χ0n) is 47.2. The summed E-state index contributed by atoms with van der Waals surface area (Å²) in [7, 11) is 2.84. The molecule has 29 atom stereocenters. The lowest BCUT2D eigenvalue weighted by Gasteiger charge is -2.69. The molecule has 29 unspecified atom stereocenters. The van der Waals surface area contributed by atoms with Gasteiger partial charge in [-0.3, -0.25) is 4.79 Å². The lowest BCUT2D eigenvalue weighted by molar-refractivity contribution is -0.374. The number of benzene rings is 1. The van der Waals surface area contributed by atoms with Gasteiger partial charge in [0.15, 0.2) is 25.2 Å². The first-order valence-corrected chi connectivity index (χ1v) is 28.4. The third-order valence-electron chi connectivity index (χ3n) is 20.3. The SMILES string of the molecule is COC1CC(OC2CCC3(C)C(CCC4(O)C3CC(OC(C)=O)C3(C)C(O)(C(C)OC(=O)c5ccccc5)CCC43O)C2)OC(C)C1OC1OC(C)C(OC2OC(COC3OC(CO)C(O)C(O)C3O)C(O)C(O)C2O)C(OC)C1O. The van der Waals surface area contributed by atoms with E-state index in [4.69, 9.17) is 56.8 Å². The van der Waals surface area contributed by atoms with Gasteiger partial charge in [0.25, 0.3) is 0 Å². The Kier molecular flexibility index (Phi) is 18.8. The number of fused-ring (bicyclic) bond motifs is 5. The fourth-order valence-electron chi connectivity index (χ4n) is 15.4. The summed E-state index contributed by atoms with van der Waals surface area (Å²) in [4.78, 5) is 26.2. The predicted octanol–water partition coefficient (Wildman–Crippen LogP) is -1.17.